The van der Waals surface area contributed by atoms with Crippen LogP contribution in [0.1, 0.15) is 16.8 Å². The Labute approximate surface area is 144 Å². The summed E-state index contributed by atoms with van der Waals surface area (Å²) >= 11 is 6.11. The van der Waals surface area contributed by atoms with Crippen LogP contribution >= 0.6 is 11.6 Å². The van der Waals surface area contributed by atoms with E-state index in [1.165, 1.54) is 4.68 Å². The van der Waals surface area contributed by atoms with Gasteiger partial charge >= 0.3 is 0 Å². The first-order valence-corrected chi connectivity index (χ1v) is 8.05. The smallest absolute Gasteiger partial charge is 0.274 e. The fourth-order valence-electron chi connectivity index (χ4n) is 2.73. The molecule has 0 unspecified atom stereocenters. The quantitative estimate of drug-likeness (QED) is 0.732. The van der Waals surface area contributed by atoms with Crippen molar-refractivity contribution in [2.24, 2.45) is 7.05 Å². The van der Waals surface area contributed by atoms with Crippen molar-refractivity contribution in [2.45, 2.75) is 19.8 Å². The Kier molecular flexibility index (Phi) is 4.49. The van der Waals surface area contributed by atoms with Gasteiger partial charge in [-0.05, 0) is 30.2 Å². The van der Waals surface area contributed by atoms with Crippen LogP contribution in [0.2, 0.25) is 5.02 Å². The summed E-state index contributed by atoms with van der Waals surface area (Å²) in [7, 11) is 1.60. The summed E-state index contributed by atoms with van der Waals surface area (Å²) in [5.74, 6) is 0.0335. The lowest BCUT2D eigenvalue weighted by atomic mass is 10.0. The molecule has 1 heterocycles. The summed E-state index contributed by atoms with van der Waals surface area (Å²) in [6, 6.07) is 12.9. The minimum atomic E-state index is -0.160. The van der Waals surface area contributed by atoms with Gasteiger partial charge < -0.3 is 0 Å². The first-order chi connectivity index (χ1) is 11.5. The lowest BCUT2D eigenvalue weighted by Gasteiger charge is -2.08. The Hall–Kier alpha value is -2.46. The molecule has 1 aromatic heterocycles. The molecule has 0 fully saturated rings. The van der Waals surface area contributed by atoms with E-state index >= 15 is 0 Å². The van der Waals surface area contributed by atoms with Crippen molar-refractivity contribution in [1.82, 2.24) is 9.78 Å². The van der Waals surface area contributed by atoms with Crippen LogP contribution in [0.5, 0.6) is 0 Å². The van der Waals surface area contributed by atoms with Crippen LogP contribution in [0.3, 0.4) is 0 Å². The minimum absolute atomic E-state index is 0.0335. The van der Waals surface area contributed by atoms with Gasteiger partial charge in [-0.3, -0.25) is 9.59 Å². The summed E-state index contributed by atoms with van der Waals surface area (Å²) < 4.78 is 1.29. The van der Waals surface area contributed by atoms with Gasteiger partial charge in [-0.25, -0.2) is 4.68 Å². The molecule has 3 aromatic rings. The number of nitrogens with zero attached hydrogens (tertiary/aromatic N) is 2. The number of ketones is 1. The van der Waals surface area contributed by atoms with Crippen molar-refractivity contribution < 1.29 is 4.79 Å². The van der Waals surface area contributed by atoms with Crippen LogP contribution in [-0.2, 0) is 24.7 Å². The number of aryl methyl sites for hydroxylation is 2. The molecule has 0 radical (unpaired) electrons. The van der Waals surface area contributed by atoms with Crippen LogP contribution in [0, 0.1) is 6.92 Å². The minimum Gasteiger partial charge on any atom is -0.299 e. The SMILES string of the molecule is Cc1ccc(CC(=O)Cc2nn(C)c(=O)c3ccccc23)cc1Cl. The summed E-state index contributed by atoms with van der Waals surface area (Å²) in [6.45, 7) is 1.93. The molecule has 0 bridgehead atoms. The lowest BCUT2D eigenvalue weighted by Crippen LogP contribution is -2.22. The van der Waals surface area contributed by atoms with Gasteiger partial charge in [-0.1, -0.05) is 41.9 Å². The predicted molar refractivity (Wildman–Crippen MR) is 95.6 cm³/mol. The average Bonchev–Trinajstić information content (AvgIpc) is 2.56. The summed E-state index contributed by atoms with van der Waals surface area (Å²) in [6.07, 6.45) is 0.471. The number of carbonyl (C=O) groups excluding carboxylic acids is 1. The third kappa shape index (κ3) is 3.24. The fraction of sp³-hybridized carbons (Fsp3) is 0.211. The van der Waals surface area contributed by atoms with Crippen LogP contribution in [-0.4, -0.2) is 15.6 Å². The second-order valence-corrected chi connectivity index (χ2v) is 6.30. The molecule has 0 aliphatic heterocycles. The van der Waals surface area contributed by atoms with E-state index in [4.69, 9.17) is 11.6 Å². The van der Waals surface area contributed by atoms with E-state index in [1.54, 1.807) is 13.1 Å². The Balaban J connectivity index is 1.89. The molecule has 0 atom stereocenters. The number of Topliss-reactive ketones (excluding diaryl/α,β-unsaturated/α-hetero) is 1. The maximum Gasteiger partial charge on any atom is 0.274 e. The Bertz CT molecular complexity index is 992. The highest BCUT2D eigenvalue weighted by atomic mass is 35.5. The number of rotatable bonds is 4. The molecule has 0 aliphatic carbocycles. The van der Waals surface area contributed by atoms with Gasteiger partial charge in [0, 0.05) is 23.9 Å². The van der Waals surface area contributed by atoms with Gasteiger partial charge in [-0.2, -0.15) is 5.10 Å². The molecule has 0 aliphatic rings. The number of carbonyl (C=O) groups is 1. The highest BCUT2D eigenvalue weighted by molar-refractivity contribution is 6.31. The highest BCUT2D eigenvalue weighted by Crippen LogP contribution is 2.18. The third-order valence-corrected chi connectivity index (χ3v) is 4.44. The van der Waals surface area contributed by atoms with Crippen LogP contribution in [0.15, 0.2) is 47.3 Å². The molecular formula is C19H17ClN2O2. The molecule has 2 aromatic carbocycles. The maximum atomic E-state index is 12.4. The summed E-state index contributed by atoms with van der Waals surface area (Å²) in [5, 5.41) is 6.24. The molecule has 0 spiro atoms. The van der Waals surface area contributed by atoms with Crippen LogP contribution in [0.4, 0.5) is 0 Å². The van der Waals surface area contributed by atoms with E-state index in [2.05, 4.69) is 5.10 Å². The Morgan fingerprint density at radius 3 is 2.54 bits per heavy atom. The summed E-state index contributed by atoms with van der Waals surface area (Å²) in [4.78, 5) is 24.6. The van der Waals surface area contributed by atoms with Crippen molar-refractivity contribution in [1.29, 1.82) is 0 Å². The zero-order valence-electron chi connectivity index (χ0n) is 13.5. The lowest BCUT2D eigenvalue weighted by molar-refractivity contribution is -0.117. The normalized spacial score (nSPS) is 11.0. The van der Waals surface area contributed by atoms with Crippen molar-refractivity contribution in [3.8, 4) is 0 Å². The second kappa shape index (κ2) is 6.57. The standard InChI is InChI=1S/C19H17ClN2O2/c1-12-7-8-13(10-17(12)20)9-14(23)11-18-15-5-3-4-6-16(15)19(24)22(2)21-18/h3-8,10H,9,11H2,1-2H3. The molecule has 24 heavy (non-hydrogen) atoms. The van der Waals surface area contributed by atoms with Gasteiger partial charge in [0.15, 0.2) is 0 Å². The molecular weight excluding hydrogens is 324 g/mol. The third-order valence-electron chi connectivity index (χ3n) is 4.04. The predicted octanol–water partition coefficient (Wildman–Crippen LogP) is 3.25. The number of hydrogen-bond acceptors (Lipinski definition) is 3. The van der Waals surface area contributed by atoms with Gasteiger partial charge in [-0.15, -0.1) is 0 Å². The van der Waals surface area contributed by atoms with Gasteiger partial charge in [0.25, 0.3) is 5.56 Å². The van der Waals surface area contributed by atoms with Crippen molar-refractivity contribution in [3.05, 3.63) is 74.7 Å². The van der Waals surface area contributed by atoms with Crippen molar-refractivity contribution in [2.75, 3.05) is 0 Å². The highest BCUT2D eigenvalue weighted by Gasteiger charge is 2.13. The van der Waals surface area contributed by atoms with Gasteiger partial charge in [0.1, 0.15) is 5.78 Å². The molecule has 122 valence electrons. The van der Waals surface area contributed by atoms with E-state index in [-0.39, 0.29) is 17.8 Å². The van der Waals surface area contributed by atoms with Crippen LogP contribution < -0.4 is 5.56 Å². The van der Waals surface area contributed by atoms with Gasteiger partial charge in [0.2, 0.25) is 0 Å². The maximum absolute atomic E-state index is 12.4. The van der Waals surface area contributed by atoms with E-state index in [1.807, 2.05) is 43.3 Å². The number of hydrogen-bond donors (Lipinski definition) is 0. The molecule has 5 heteroatoms. The number of benzene rings is 2. The number of fused-ring (bicyclic) bond motifs is 1. The molecule has 4 nitrogen and oxygen atoms in total. The molecule has 0 N–H and O–H groups in total. The first kappa shape index (κ1) is 16.4. The monoisotopic (exact) mass is 340 g/mol. The Morgan fingerprint density at radius 1 is 1.12 bits per heavy atom. The van der Waals surface area contributed by atoms with E-state index in [0.717, 1.165) is 16.5 Å². The molecule has 0 saturated carbocycles. The molecule has 0 amide bonds. The first-order valence-electron chi connectivity index (χ1n) is 7.67. The van der Waals surface area contributed by atoms with Crippen molar-refractivity contribution >= 4 is 28.2 Å². The molecule has 3 rings (SSSR count). The van der Waals surface area contributed by atoms with E-state index in [0.29, 0.717) is 22.5 Å². The van der Waals surface area contributed by atoms with Gasteiger partial charge in [0.05, 0.1) is 17.5 Å². The second-order valence-electron chi connectivity index (χ2n) is 5.90. The average molecular weight is 341 g/mol. The summed E-state index contributed by atoms with van der Waals surface area (Å²) in [5.41, 5.74) is 2.33. The topological polar surface area (TPSA) is 52.0 Å². The number of aromatic nitrogens is 2. The number of halogens is 1. The molecule has 0 saturated heterocycles. The largest absolute Gasteiger partial charge is 0.299 e. The van der Waals surface area contributed by atoms with E-state index < -0.39 is 0 Å². The Morgan fingerprint density at radius 2 is 1.83 bits per heavy atom. The zero-order valence-corrected chi connectivity index (χ0v) is 14.3. The van der Waals surface area contributed by atoms with Crippen molar-refractivity contribution in [3.63, 3.8) is 0 Å². The van der Waals surface area contributed by atoms with E-state index in [9.17, 15) is 9.59 Å². The zero-order chi connectivity index (χ0) is 17.3. The fourth-order valence-corrected chi connectivity index (χ4v) is 2.93. The van der Waals surface area contributed by atoms with Crippen LogP contribution in [0.25, 0.3) is 10.8 Å².